The highest BCUT2D eigenvalue weighted by Crippen LogP contribution is 2.48. The minimum Gasteiger partial charge on any atom is -0.364 e. The van der Waals surface area contributed by atoms with Gasteiger partial charge in [0.15, 0.2) is 5.54 Å². The number of hydrogen-bond acceptors (Lipinski definition) is 4. The molecule has 0 saturated carbocycles. The van der Waals surface area contributed by atoms with E-state index in [0.717, 1.165) is 11.4 Å². The molecule has 138 valence electrons. The van der Waals surface area contributed by atoms with Crippen molar-refractivity contribution in [2.45, 2.75) is 31.8 Å². The largest absolute Gasteiger partial charge is 0.364 e. The number of nitrogens with zero attached hydrogens (tertiary/aromatic N) is 4. The second kappa shape index (κ2) is 7.24. The molecule has 5 heteroatoms. The smallest absolute Gasteiger partial charge is 0.258 e. The van der Waals surface area contributed by atoms with Crippen LogP contribution in [0.2, 0.25) is 0 Å². The average Bonchev–Trinajstić information content (AvgIpc) is 2.87. The first-order chi connectivity index (χ1) is 13.0. The number of carbonyl (C=O) groups excluding carboxylic acids is 1. The number of amides is 1. The molecule has 5 nitrogen and oxygen atoms in total. The molecular weight excluding hydrogens is 336 g/mol. The summed E-state index contributed by atoms with van der Waals surface area (Å²) in [6.07, 6.45) is 0.633. The van der Waals surface area contributed by atoms with E-state index in [1.54, 1.807) is 11.0 Å². The lowest BCUT2D eigenvalue weighted by atomic mass is 9.75. The zero-order valence-corrected chi connectivity index (χ0v) is 16.2. The molecule has 4 rings (SSSR count). The summed E-state index contributed by atoms with van der Waals surface area (Å²) < 4.78 is 0. The van der Waals surface area contributed by atoms with Gasteiger partial charge in [0.1, 0.15) is 5.84 Å². The fourth-order valence-corrected chi connectivity index (χ4v) is 4.13. The zero-order valence-electron chi connectivity index (χ0n) is 16.2. The highest BCUT2D eigenvalue weighted by molar-refractivity contribution is 6.08. The lowest BCUT2D eigenvalue weighted by molar-refractivity contribution is -0.131. The van der Waals surface area contributed by atoms with Crippen LogP contribution in [0.4, 0.5) is 5.69 Å². The molecule has 2 heterocycles. The Kier molecular flexibility index (Phi) is 5.00. The standard InChI is InChI=1S/C20H21N3O.C2H3N/c1-14-21-20(19(24)22(14)2)13-16-11-7-8-12-17(16)23(3)18(20)15-9-5-4-6-10-15;1-2-3/h4-12,18H,13H2,1-3H3;1H3/t18-,20+;/m1./s1. The molecule has 0 N–H and O–H groups in total. The second-order valence-corrected chi connectivity index (χ2v) is 6.90. The summed E-state index contributed by atoms with van der Waals surface area (Å²) in [6.45, 7) is 3.34. The number of anilines is 1. The maximum atomic E-state index is 13.2. The van der Waals surface area contributed by atoms with Gasteiger partial charge >= 0.3 is 0 Å². The number of nitriles is 1. The van der Waals surface area contributed by atoms with Crippen LogP contribution in [0, 0.1) is 11.3 Å². The molecule has 2 atom stereocenters. The van der Waals surface area contributed by atoms with E-state index in [0.29, 0.717) is 6.42 Å². The van der Waals surface area contributed by atoms with Gasteiger partial charge in [0, 0.05) is 33.1 Å². The molecule has 0 fully saturated rings. The van der Waals surface area contributed by atoms with Crippen molar-refractivity contribution in [3.05, 3.63) is 65.7 Å². The van der Waals surface area contributed by atoms with E-state index in [-0.39, 0.29) is 11.9 Å². The van der Waals surface area contributed by atoms with Gasteiger partial charge in [-0.2, -0.15) is 5.26 Å². The first-order valence-corrected chi connectivity index (χ1v) is 8.97. The quantitative estimate of drug-likeness (QED) is 0.781. The summed E-state index contributed by atoms with van der Waals surface area (Å²) in [4.78, 5) is 22.0. The van der Waals surface area contributed by atoms with E-state index >= 15 is 0 Å². The van der Waals surface area contributed by atoms with Crippen LogP contribution in [0.5, 0.6) is 0 Å². The number of amidine groups is 1. The third kappa shape index (κ3) is 2.97. The molecule has 2 aromatic carbocycles. The number of likely N-dealkylation sites (N-methyl/N-ethyl adjacent to an activating group) is 2. The molecule has 27 heavy (non-hydrogen) atoms. The van der Waals surface area contributed by atoms with Crippen molar-refractivity contribution in [3.63, 3.8) is 0 Å². The topological polar surface area (TPSA) is 59.7 Å². The molecule has 0 saturated heterocycles. The molecule has 0 radical (unpaired) electrons. The van der Waals surface area contributed by atoms with Crippen molar-refractivity contribution in [2.75, 3.05) is 19.0 Å². The zero-order chi connectivity index (χ0) is 19.6. The van der Waals surface area contributed by atoms with Crippen molar-refractivity contribution >= 4 is 17.4 Å². The molecule has 0 aromatic heterocycles. The number of hydrogen-bond donors (Lipinski definition) is 0. The highest BCUT2D eigenvalue weighted by atomic mass is 16.2. The van der Waals surface area contributed by atoms with E-state index in [9.17, 15) is 4.79 Å². The number of rotatable bonds is 1. The van der Waals surface area contributed by atoms with Crippen LogP contribution in [-0.2, 0) is 11.2 Å². The molecule has 2 aliphatic rings. The first-order valence-electron chi connectivity index (χ1n) is 8.97. The normalized spacial score (nSPS) is 23.3. The third-order valence-electron chi connectivity index (χ3n) is 5.31. The molecule has 0 bridgehead atoms. The Bertz CT molecular complexity index is 915. The molecule has 2 aliphatic heterocycles. The van der Waals surface area contributed by atoms with Gasteiger partial charge in [-0.1, -0.05) is 48.5 Å². The van der Waals surface area contributed by atoms with Crippen LogP contribution in [-0.4, -0.2) is 36.3 Å². The van der Waals surface area contributed by atoms with Crippen LogP contribution in [0.15, 0.2) is 59.6 Å². The van der Waals surface area contributed by atoms with Gasteiger partial charge in [0.2, 0.25) is 0 Å². The van der Waals surface area contributed by atoms with Gasteiger partial charge in [-0.3, -0.25) is 9.79 Å². The van der Waals surface area contributed by atoms with Crippen LogP contribution in [0.25, 0.3) is 0 Å². The molecule has 1 amide bonds. The molecular formula is C22H24N4O. The van der Waals surface area contributed by atoms with E-state index in [4.69, 9.17) is 10.3 Å². The van der Waals surface area contributed by atoms with Gasteiger partial charge in [-0.25, -0.2) is 0 Å². The molecule has 1 spiro atoms. The van der Waals surface area contributed by atoms with Gasteiger partial charge in [0.05, 0.1) is 12.1 Å². The SMILES string of the molecule is CC#N.CC1=N[C@]2(Cc3ccccc3N(C)[C@@H]2c2ccccc2)C(=O)N1C. The Morgan fingerprint density at radius 3 is 2.30 bits per heavy atom. The summed E-state index contributed by atoms with van der Waals surface area (Å²) in [5.41, 5.74) is 2.68. The van der Waals surface area contributed by atoms with Gasteiger partial charge in [0.25, 0.3) is 5.91 Å². The van der Waals surface area contributed by atoms with Crippen LogP contribution >= 0.6 is 0 Å². The van der Waals surface area contributed by atoms with Crippen LogP contribution in [0.3, 0.4) is 0 Å². The van der Waals surface area contributed by atoms with Gasteiger partial charge < -0.3 is 9.80 Å². The first kappa shape index (κ1) is 18.7. The summed E-state index contributed by atoms with van der Waals surface area (Å²) in [5.74, 6) is 0.865. The van der Waals surface area contributed by atoms with Gasteiger partial charge in [-0.15, -0.1) is 0 Å². The predicted molar refractivity (Wildman–Crippen MR) is 108 cm³/mol. The average molecular weight is 360 g/mol. The summed E-state index contributed by atoms with van der Waals surface area (Å²) in [6, 6.07) is 20.2. The maximum Gasteiger partial charge on any atom is 0.258 e. The Morgan fingerprint density at radius 2 is 1.70 bits per heavy atom. The molecule has 0 unspecified atom stereocenters. The summed E-state index contributed by atoms with van der Waals surface area (Å²) in [5, 5.41) is 7.32. The minimum absolute atomic E-state index is 0.0789. The number of para-hydroxylation sites is 1. The summed E-state index contributed by atoms with van der Waals surface area (Å²) >= 11 is 0. The monoisotopic (exact) mass is 360 g/mol. The van der Waals surface area contributed by atoms with Crippen molar-refractivity contribution in [1.29, 1.82) is 5.26 Å². The summed E-state index contributed by atoms with van der Waals surface area (Å²) in [7, 11) is 3.88. The Balaban J connectivity index is 0.000000659. The number of fused-ring (bicyclic) bond motifs is 1. The lowest BCUT2D eigenvalue weighted by Crippen LogP contribution is -2.54. The van der Waals surface area contributed by atoms with Crippen molar-refractivity contribution in [2.24, 2.45) is 4.99 Å². The van der Waals surface area contributed by atoms with Crippen molar-refractivity contribution < 1.29 is 4.79 Å². The van der Waals surface area contributed by atoms with Crippen LogP contribution < -0.4 is 4.90 Å². The van der Waals surface area contributed by atoms with Crippen molar-refractivity contribution in [3.8, 4) is 6.07 Å². The van der Waals surface area contributed by atoms with Crippen molar-refractivity contribution in [1.82, 2.24) is 4.90 Å². The third-order valence-corrected chi connectivity index (χ3v) is 5.31. The molecule has 0 aliphatic carbocycles. The predicted octanol–water partition coefficient (Wildman–Crippen LogP) is 3.58. The number of benzene rings is 2. The van der Waals surface area contributed by atoms with Crippen LogP contribution in [0.1, 0.15) is 31.0 Å². The number of carbonyl (C=O) groups is 1. The Hall–Kier alpha value is -3.13. The fourth-order valence-electron chi connectivity index (χ4n) is 4.13. The number of aliphatic imine (C=N–C) groups is 1. The van der Waals surface area contributed by atoms with Gasteiger partial charge in [-0.05, 0) is 24.1 Å². The van der Waals surface area contributed by atoms with E-state index < -0.39 is 5.54 Å². The van der Waals surface area contributed by atoms with E-state index in [2.05, 4.69) is 36.2 Å². The highest BCUT2D eigenvalue weighted by Gasteiger charge is 2.56. The Morgan fingerprint density at radius 1 is 1.11 bits per heavy atom. The maximum absolute atomic E-state index is 13.2. The lowest BCUT2D eigenvalue weighted by Gasteiger charge is -2.45. The minimum atomic E-state index is -0.788. The fraction of sp³-hybridized carbons (Fsp3) is 0.318. The molecule has 2 aromatic rings. The van der Waals surface area contributed by atoms with E-state index in [1.807, 2.05) is 44.3 Å². The second-order valence-electron chi connectivity index (χ2n) is 6.90. The Labute approximate surface area is 160 Å². The van der Waals surface area contributed by atoms with E-state index in [1.165, 1.54) is 18.2 Å².